The summed E-state index contributed by atoms with van der Waals surface area (Å²) in [5.41, 5.74) is 0.845. The number of carboxylic acids is 1. The second kappa shape index (κ2) is 8.92. The first-order valence-electron chi connectivity index (χ1n) is 7.64. The number of allylic oxidation sites excluding steroid dienone is 1. The molecule has 4 N–H and O–H groups in total. The van der Waals surface area contributed by atoms with Crippen molar-refractivity contribution in [2.24, 2.45) is 0 Å². The molecular formula is C17H25NO4P+. The van der Waals surface area contributed by atoms with Crippen LogP contribution in [0, 0.1) is 5.41 Å². The lowest BCUT2D eigenvalue weighted by molar-refractivity contribution is -0.132. The molecule has 0 saturated carbocycles. The van der Waals surface area contributed by atoms with Crippen LogP contribution in [0.25, 0.3) is 0 Å². The Labute approximate surface area is 137 Å². The van der Waals surface area contributed by atoms with Crippen molar-refractivity contribution >= 4 is 19.1 Å². The van der Waals surface area contributed by atoms with E-state index in [4.69, 9.17) is 5.41 Å². The Balaban J connectivity index is 2.94. The lowest BCUT2D eigenvalue weighted by Gasteiger charge is -2.16. The molecule has 1 aromatic rings. The van der Waals surface area contributed by atoms with Gasteiger partial charge in [-0.3, -0.25) is 5.41 Å². The molecule has 0 radical (unpaired) electrons. The van der Waals surface area contributed by atoms with Crippen molar-refractivity contribution in [2.75, 3.05) is 6.16 Å². The molecule has 0 fully saturated rings. The van der Waals surface area contributed by atoms with Crippen LogP contribution >= 0.6 is 7.72 Å². The van der Waals surface area contributed by atoms with Crippen LogP contribution in [0.5, 0.6) is 0 Å². The summed E-state index contributed by atoms with van der Waals surface area (Å²) in [6.45, 7) is 3.37. The van der Waals surface area contributed by atoms with Crippen molar-refractivity contribution in [3.05, 3.63) is 47.5 Å². The lowest BCUT2D eigenvalue weighted by Crippen LogP contribution is -2.13. The van der Waals surface area contributed by atoms with Crippen LogP contribution in [0.4, 0.5) is 0 Å². The van der Waals surface area contributed by atoms with E-state index in [-0.39, 0.29) is 23.1 Å². The van der Waals surface area contributed by atoms with E-state index in [2.05, 4.69) is 6.92 Å². The highest BCUT2D eigenvalue weighted by atomic mass is 31.2. The predicted octanol–water partition coefficient (Wildman–Crippen LogP) is 3.80. The molecule has 0 spiro atoms. The molecule has 5 nitrogen and oxygen atoms in total. The molecule has 0 aliphatic rings. The maximum Gasteiger partial charge on any atom is 0.335 e. The Kier molecular flexibility index (Phi) is 7.56. The Hall–Kier alpha value is -1.55. The summed E-state index contributed by atoms with van der Waals surface area (Å²) in [4.78, 5) is 31.0. The third kappa shape index (κ3) is 6.22. The van der Waals surface area contributed by atoms with Crippen LogP contribution in [-0.2, 0) is 4.79 Å². The van der Waals surface area contributed by atoms with Gasteiger partial charge >= 0.3 is 13.7 Å². The number of benzene rings is 1. The average Bonchev–Trinajstić information content (AvgIpc) is 2.50. The van der Waals surface area contributed by atoms with E-state index in [0.29, 0.717) is 6.42 Å². The van der Waals surface area contributed by atoms with Crippen molar-refractivity contribution in [3.8, 4) is 0 Å². The van der Waals surface area contributed by atoms with Crippen LogP contribution in [0.1, 0.15) is 44.6 Å². The molecule has 0 aromatic heterocycles. The van der Waals surface area contributed by atoms with Crippen LogP contribution in [-0.4, -0.2) is 32.5 Å². The van der Waals surface area contributed by atoms with E-state index in [0.717, 1.165) is 18.4 Å². The highest BCUT2D eigenvalue weighted by molar-refractivity contribution is 7.81. The summed E-state index contributed by atoms with van der Waals surface area (Å²) in [6.07, 6.45) is 3.61. The van der Waals surface area contributed by atoms with Gasteiger partial charge in [0.05, 0.1) is 5.57 Å². The second-order valence-electron chi connectivity index (χ2n) is 5.64. The maximum absolute atomic E-state index is 11.4. The SMILES string of the molecule is CCCC(CC=C(C[P+](O)(O)C(C)=N)C(=O)O)c1ccccc1. The summed E-state index contributed by atoms with van der Waals surface area (Å²) >= 11 is 0. The third-order valence-corrected chi connectivity index (χ3v) is 5.62. The Bertz CT molecular complexity index is 569. The molecular weight excluding hydrogens is 313 g/mol. The molecule has 1 rings (SSSR count). The van der Waals surface area contributed by atoms with Gasteiger partial charge in [0.1, 0.15) is 6.16 Å². The topological polar surface area (TPSA) is 102 Å². The van der Waals surface area contributed by atoms with E-state index >= 15 is 0 Å². The summed E-state index contributed by atoms with van der Waals surface area (Å²) in [5, 5.41) is 16.7. The molecule has 1 unspecified atom stereocenters. The highest BCUT2D eigenvalue weighted by Crippen LogP contribution is 2.52. The minimum atomic E-state index is -3.64. The standard InChI is InChI=1S/C17H24NO4P/c1-3-7-14(15-8-5-4-6-9-15)10-11-16(17(19)20)12-23(21,22)13(2)18/h4-6,8-9,11,14,18,21-22H,3,7,10,12H2,1-2H3/p+1. The van der Waals surface area contributed by atoms with Gasteiger partial charge < -0.3 is 5.11 Å². The average molecular weight is 338 g/mol. The molecule has 0 bridgehead atoms. The monoisotopic (exact) mass is 338 g/mol. The molecule has 0 saturated heterocycles. The van der Waals surface area contributed by atoms with E-state index in [1.54, 1.807) is 6.08 Å². The smallest absolute Gasteiger partial charge is 0.335 e. The minimum Gasteiger partial charge on any atom is -0.478 e. The normalized spacial score (nSPS) is 13.7. The van der Waals surface area contributed by atoms with Gasteiger partial charge in [-0.2, -0.15) is 0 Å². The van der Waals surface area contributed by atoms with Crippen molar-refractivity contribution < 1.29 is 19.7 Å². The number of rotatable bonds is 9. The number of nitrogens with one attached hydrogen (secondary N) is 1. The van der Waals surface area contributed by atoms with Gasteiger partial charge in [-0.25, -0.2) is 14.6 Å². The zero-order valence-electron chi connectivity index (χ0n) is 13.6. The number of carbonyl (C=O) groups is 1. The maximum atomic E-state index is 11.4. The molecule has 1 aromatic carbocycles. The van der Waals surface area contributed by atoms with E-state index < -0.39 is 13.7 Å². The molecule has 0 amide bonds. The fourth-order valence-electron chi connectivity index (χ4n) is 2.35. The molecule has 0 heterocycles. The van der Waals surface area contributed by atoms with Crippen molar-refractivity contribution in [1.29, 1.82) is 5.41 Å². The van der Waals surface area contributed by atoms with Crippen LogP contribution < -0.4 is 0 Å². The molecule has 0 aliphatic heterocycles. The Morgan fingerprint density at radius 3 is 2.39 bits per heavy atom. The number of carboxylic acid groups (broad SMARTS) is 1. The summed E-state index contributed by atoms with van der Waals surface area (Å²) < 4.78 is 0. The Morgan fingerprint density at radius 1 is 1.30 bits per heavy atom. The zero-order valence-corrected chi connectivity index (χ0v) is 14.5. The second-order valence-corrected chi connectivity index (χ2v) is 8.09. The van der Waals surface area contributed by atoms with Crippen LogP contribution in [0.3, 0.4) is 0 Å². The first-order chi connectivity index (χ1) is 10.8. The van der Waals surface area contributed by atoms with Gasteiger partial charge in [0, 0.05) is 6.92 Å². The van der Waals surface area contributed by atoms with Gasteiger partial charge in [-0.15, -0.1) is 0 Å². The minimum absolute atomic E-state index is 0.0352. The van der Waals surface area contributed by atoms with Gasteiger partial charge in [-0.05, 0) is 24.3 Å². The fraction of sp³-hybridized carbons (Fsp3) is 0.412. The van der Waals surface area contributed by atoms with Crippen LogP contribution in [0.2, 0.25) is 0 Å². The Morgan fingerprint density at radius 2 is 1.91 bits per heavy atom. The molecule has 126 valence electrons. The van der Waals surface area contributed by atoms with Gasteiger partial charge in [0.2, 0.25) is 5.45 Å². The van der Waals surface area contributed by atoms with Crippen molar-refractivity contribution in [2.45, 2.75) is 39.0 Å². The van der Waals surface area contributed by atoms with Crippen molar-refractivity contribution in [1.82, 2.24) is 0 Å². The van der Waals surface area contributed by atoms with Crippen LogP contribution in [0.15, 0.2) is 42.0 Å². The lowest BCUT2D eigenvalue weighted by atomic mass is 9.91. The first kappa shape index (κ1) is 19.5. The van der Waals surface area contributed by atoms with Gasteiger partial charge in [0.25, 0.3) is 0 Å². The first-order valence-corrected chi connectivity index (χ1v) is 9.52. The fourth-order valence-corrected chi connectivity index (χ4v) is 3.33. The molecule has 6 heteroatoms. The largest absolute Gasteiger partial charge is 0.478 e. The molecule has 1 atom stereocenters. The van der Waals surface area contributed by atoms with Gasteiger partial charge in [0.15, 0.2) is 0 Å². The van der Waals surface area contributed by atoms with E-state index in [9.17, 15) is 19.7 Å². The number of aliphatic carboxylic acids is 1. The summed E-state index contributed by atoms with van der Waals surface area (Å²) in [7, 11) is -3.64. The number of hydrogen-bond donors (Lipinski definition) is 4. The zero-order chi connectivity index (χ0) is 17.5. The third-order valence-electron chi connectivity index (χ3n) is 3.76. The van der Waals surface area contributed by atoms with E-state index in [1.807, 2.05) is 30.3 Å². The summed E-state index contributed by atoms with van der Waals surface area (Å²) in [6, 6.07) is 9.89. The van der Waals surface area contributed by atoms with Gasteiger partial charge in [-0.1, -0.05) is 49.8 Å². The summed E-state index contributed by atoms with van der Waals surface area (Å²) in [5.74, 6) is -0.969. The highest BCUT2D eigenvalue weighted by Gasteiger charge is 2.39. The number of hydrogen-bond acceptors (Lipinski definition) is 4. The van der Waals surface area contributed by atoms with Crippen molar-refractivity contribution in [3.63, 3.8) is 0 Å². The predicted molar refractivity (Wildman–Crippen MR) is 94.1 cm³/mol. The molecule has 23 heavy (non-hydrogen) atoms. The molecule has 0 aliphatic carbocycles. The van der Waals surface area contributed by atoms with E-state index in [1.165, 1.54) is 6.92 Å². The quantitative estimate of drug-likeness (QED) is 0.312.